The minimum atomic E-state index is -0.0741. The maximum atomic E-state index is 12.6. The van der Waals surface area contributed by atoms with Crippen LogP contribution in [-0.2, 0) is 11.3 Å². The van der Waals surface area contributed by atoms with E-state index >= 15 is 0 Å². The van der Waals surface area contributed by atoms with Gasteiger partial charge >= 0.3 is 0 Å². The van der Waals surface area contributed by atoms with Crippen molar-refractivity contribution in [1.82, 2.24) is 4.90 Å². The molecule has 0 bridgehead atoms. The van der Waals surface area contributed by atoms with Crippen LogP contribution in [0.15, 0.2) is 48.5 Å². The average molecular weight is 336 g/mol. The van der Waals surface area contributed by atoms with E-state index < -0.39 is 0 Å². The van der Waals surface area contributed by atoms with Gasteiger partial charge in [-0.2, -0.15) is 0 Å². The molecule has 4 rings (SSSR count). The number of hydrogen-bond acceptors (Lipinski definition) is 3. The van der Waals surface area contributed by atoms with E-state index in [2.05, 4.69) is 0 Å². The molecule has 2 aromatic rings. The van der Waals surface area contributed by atoms with Crippen molar-refractivity contribution in [1.29, 1.82) is 0 Å². The number of nitrogens with zero attached hydrogens (tertiary/aromatic N) is 2. The highest BCUT2D eigenvalue weighted by atomic mass is 16.5. The Bertz CT molecular complexity index is 812. The predicted octanol–water partition coefficient (Wildman–Crippen LogP) is 2.85. The number of benzene rings is 2. The molecule has 5 heteroatoms. The molecule has 25 heavy (non-hydrogen) atoms. The largest absolute Gasteiger partial charge is 0.482 e. The Kier molecular flexibility index (Phi) is 4.14. The van der Waals surface area contributed by atoms with Crippen LogP contribution in [0.1, 0.15) is 28.8 Å². The van der Waals surface area contributed by atoms with Crippen molar-refractivity contribution >= 4 is 17.5 Å². The molecule has 1 fully saturated rings. The summed E-state index contributed by atoms with van der Waals surface area (Å²) in [4.78, 5) is 28.5. The fourth-order valence-electron chi connectivity index (χ4n) is 3.42. The van der Waals surface area contributed by atoms with Crippen LogP contribution >= 0.6 is 0 Å². The Morgan fingerprint density at radius 3 is 2.68 bits per heavy atom. The van der Waals surface area contributed by atoms with Gasteiger partial charge in [0.1, 0.15) is 5.75 Å². The van der Waals surface area contributed by atoms with Crippen molar-refractivity contribution in [2.24, 2.45) is 0 Å². The Balaban J connectivity index is 1.58. The van der Waals surface area contributed by atoms with E-state index in [4.69, 9.17) is 4.74 Å². The fourth-order valence-corrected chi connectivity index (χ4v) is 3.42. The third-order valence-corrected chi connectivity index (χ3v) is 4.72. The van der Waals surface area contributed by atoms with Crippen molar-refractivity contribution < 1.29 is 14.3 Å². The molecule has 2 heterocycles. The molecule has 0 radical (unpaired) electrons. The molecular weight excluding hydrogens is 316 g/mol. The van der Waals surface area contributed by atoms with Crippen molar-refractivity contribution in [3.8, 4) is 5.75 Å². The molecule has 1 saturated heterocycles. The highest BCUT2D eigenvalue weighted by molar-refractivity contribution is 5.98. The standard InChI is InChI=1S/C20H20N2O3/c23-19-14-25-18-9-2-1-8-17(18)22(19)13-15-6-5-7-16(12-15)20(24)21-10-3-4-11-21/h1-2,5-9,12H,3-4,10-11,13-14H2. The summed E-state index contributed by atoms with van der Waals surface area (Å²) < 4.78 is 5.48. The number of amides is 2. The van der Waals surface area contributed by atoms with Crippen LogP contribution in [0.25, 0.3) is 0 Å². The van der Waals surface area contributed by atoms with Gasteiger partial charge in [-0.15, -0.1) is 0 Å². The fraction of sp³-hybridized carbons (Fsp3) is 0.300. The van der Waals surface area contributed by atoms with E-state index in [1.807, 2.05) is 53.4 Å². The van der Waals surface area contributed by atoms with Gasteiger partial charge in [0.2, 0.25) is 0 Å². The molecule has 0 unspecified atom stereocenters. The van der Waals surface area contributed by atoms with Gasteiger partial charge in [0.25, 0.3) is 11.8 Å². The van der Waals surface area contributed by atoms with Gasteiger partial charge in [-0.1, -0.05) is 24.3 Å². The third kappa shape index (κ3) is 3.09. The monoisotopic (exact) mass is 336 g/mol. The van der Waals surface area contributed by atoms with Crippen LogP contribution in [0, 0.1) is 0 Å². The smallest absolute Gasteiger partial charge is 0.265 e. The van der Waals surface area contributed by atoms with Crippen LogP contribution in [-0.4, -0.2) is 36.4 Å². The Morgan fingerprint density at radius 2 is 1.84 bits per heavy atom. The van der Waals surface area contributed by atoms with E-state index in [1.54, 1.807) is 4.90 Å². The number of likely N-dealkylation sites (tertiary alicyclic amines) is 1. The van der Waals surface area contributed by atoms with Gasteiger partial charge < -0.3 is 14.5 Å². The number of fused-ring (bicyclic) bond motifs is 1. The van der Waals surface area contributed by atoms with Gasteiger partial charge in [-0.3, -0.25) is 9.59 Å². The van der Waals surface area contributed by atoms with Crippen molar-refractivity contribution in [3.05, 3.63) is 59.7 Å². The maximum absolute atomic E-state index is 12.6. The minimum Gasteiger partial charge on any atom is -0.482 e. The summed E-state index contributed by atoms with van der Waals surface area (Å²) >= 11 is 0. The molecule has 2 aliphatic heterocycles. The first kappa shape index (κ1) is 15.7. The summed E-state index contributed by atoms with van der Waals surface area (Å²) in [6.45, 7) is 2.14. The summed E-state index contributed by atoms with van der Waals surface area (Å²) in [6.07, 6.45) is 2.15. The van der Waals surface area contributed by atoms with E-state index in [1.165, 1.54) is 0 Å². The van der Waals surface area contributed by atoms with E-state index in [0.29, 0.717) is 17.9 Å². The second kappa shape index (κ2) is 6.59. The molecule has 2 aromatic carbocycles. The third-order valence-electron chi connectivity index (χ3n) is 4.72. The molecule has 0 aliphatic carbocycles. The van der Waals surface area contributed by atoms with Crippen LogP contribution in [0.2, 0.25) is 0 Å². The highest BCUT2D eigenvalue weighted by Crippen LogP contribution is 2.32. The first-order chi connectivity index (χ1) is 12.2. The minimum absolute atomic E-state index is 0.0451. The van der Waals surface area contributed by atoms with Crippen LogP contribution in [0.4, 0.5) is 5.69 Å². The van der Waals surface area contributed by atoms with E-state index in [9.17, 15) is 9.59 Å². The molecule has 2 amide bonds. The lowest BCUT2D eigenvalue weighted by molar-refractivity contribution is -0.121. The van der Waals surface area contributed by atoms with Crippen LogP contribution in [0.5, 0.6) is 5.75 Å². The molecular formula is C20H20N2O3. The molecule has 2 aliphatic rings. The van der Waals surface area contributed by atoms with E-state index in [0.717, 1.165) is 37.2 Å². The Labute approximate surface area is 146 Å². The summed E-state index contributed by atoms with van der Waals surface area (Å²) in [5, 5.41) is 0. The lowest BCUT2D eigenvalue weighted by Gasteiger charge is -2.29. The SMILES string of the molecule is O=C(c1cccc(CN2C(=O)COc3ccccc32)c1)N1CCCC1. The molecule has 0 N–H and O–H groups in total. The summed E-state index contributed by atoms with van der Waals surface area (Å²) in [5.41, 5.74) is 2.40. The second-order valence-corrected chi connectivity index (χ2v) is 6.44. The van der Waals surface area contributed by atoms with Gasteiger partial charge in [0, 0.05) is 18.7 Å². The number of ether oxygens (including phenoxy) is 1. The molecule has 5 nitrogen and oxygen atoms in total. The normalized spacial score (nSPS) is 16.6. The predicted molar refractivity (Wildman–Crippen MR) is 94.7 cm³/mol. The zero-order valence-electron chi connectivity index (χ0n) is 14.0. The number of carbonyl (C=O) groups is 2. The zero-order valence-corrected chi connectivity index (χ0v) is 14.0. The zero-order chi connectivity index (χ0) is 17.2. The van der Waals surface area contributed by atoms with Gasteiger partial charge in [-0.05, 0) is 42.7 Å². The molecule has 0 spiro atoms. The quantitative estimate of drug-likeness (QED) is 0.866. The molecule has 128 valence electrons. The van der Waals surface area contributed by atoms with Crippen LogP contribution in [0.3, 0.4) is 0 Å². The summed E-state index contributed by atoms with van der Waals surface area (Å²) in [5.74, 6) is 0.717. The number of anilines is 1. The maximum Gasteiger partial charge on any atom is 0.265 e. The molecule has 0 atom stereocenters. The Morgan fingerprint density at radius 1 is 1.04 bits per heavy atom. The van der Waals surface area contributed by atoms with E-state index in [-0.39, 0.29) is 18.4 Å². The summed E-state index contributed by atoms with van der Waals surface area (Å²) in [7, 11) is 0. The van der Waals surface area contributed by atoms with Crippen molar-refractivity contribution in [3.63, 3.8) is 0 Å². The lowest BCUT2D eigenvalue weighted by atomic mass is 10.1. The number of para-hydroxylation sites is 2. The first-order valence-electron chi connectivity index (χ1n) is 8.63. The number of rotatable bonds is 3. The number of hydrogen-bond donors (Lipinski definition) is 0. The van der Waals surface area contributed by atoms with Gasteiger partial charge in [-0.25, -0.2) is 0 Å². The topological polar surface area (TPSA) is 49.9 Å². The van der Waals surface area contributed by atoms with Gasteiger partial charge in [0.15, 0.2) is 6.61 Å². The lowest BCUT2D eigenvalue weighted by Crippen LogP contribution is -2.38. The summed E-state index contributed by atoms with van der Waals surface area (Å²) in [6, 6.07) is 15.1. The first-order valence-corrected chi connectivity index (χ1v) is 8.63. The molecule has 0 aromatic heterocycles. The van der Waals surface area contributed by atoms with Crippen LogP contribution < -0.4 is 9.64 Å². The molecule has 0 saturated carbocycles. The second-order valence-electron chi connectivity index (χ2n) is 6.44. The highest BCUT2D eigenvalue weighted by Gasteiger charge is 2.25. The van der Waals surface area contributed by atoms with Gasteiger partial charge in [0.05, 0.1) is 12.2 Å². The average Bonchev–Trinajstić information content (AvgIpc) is 3.18. The van der Waals surface area contributed by atoms with Crippen molar-refractivity contribution in [2.75, 3.05) is 24.6 Å². The Hall–Kier alpha value is -2.82. The van der Waals surface area contributed by atoms with Crippen molar-refractivity contribution in [2.45, 2.75) is 19.4 Å². The number of carbonyl (C=O) groups excluding carboxylic acids is 2.